The van der Waals surface area contributed by atoms with Gasteiger partial charge in [0.15, 0.2) is 0 Å². The number of benzene rings is 1. The number of rotatable bonds is 6. The standard InChI is InChI=1S/C18H16N4O2S/c1-24-15-4-2-14(3-5-15)20-17(23)12-25-18-7-6-16(21-22-18)13-8-10-19-11-9-13/h2-11H,12H2,1H3,(H,20,23). The van der Waals surface area contributed by atoms with Gasteiger partial charge in [-0.1, -0.05) is 11.8 Å². The Labute approximate surface area is 149 Å². The average molecular weight is 352 g/mol. The summed E-state index contributed by atoms with van der Waals surface area (Å²) in [6.45, 7) is 0. The molecule has 126 valence electrons. The zero-order chi connectivity index (χ0) is 17.5. The van der Waals surface area contributed by atoms with Crippen molar-refractivity contribution in [1.29, 1.82) is 0 Å². The highest BCUT2D eigenvalue weighted by Crippen LogP contribution is 2.20. The van der Waals surface area contributed by atoms with E-state index in [9.17, 15) is 4.79 Å². The quantitative estimate of drug-likeness (QED) is 0.686. The van der Waals surface area contributed by atoms with Crippen molar-refractivity contribution in [2.75, 3.05) is 18.2 Å². The molecule has 6 nitrogen and oxygen atoms in total. The molecule has 1 N–H and O–H groups in total. The highest BCUT2D eigenvalue weighted by molar-refractivity contribution is 7.99. The lowest BCUT2D eigenvalue weighted by Gasteiger charge is -2.06. The second-order valence-corrected chi connectivity index (χ2v) is 6.05. The molecule has 0 aliphatic carbocycles. The zero-order valence-corrected chi connectivity index (χ0v) is 14.4. The Morgan fingerprint density at radius 3 is 2.44 bits per heavy atom. The minimum Gasteiger partial charge on any atom is -0.497 e. The maximum atomic E-state index is 12.0. The van der Waals surface area contributed by atoms with Crippen molar-refractivity contribution in [2.24, 2.45) is 0 Å². The van der Waals surface area contributed by atoms with Gasteiger partial charge in [-0.15, -0.1) is 10.2 Å². The SMILES string of the molecule is COc1ccc(NC(=O)CSc2ccc(-c3ccncc3)nn2)cc1. The number of aromatic nitrogens is 3. The Balaban J connectivity index is 1.53. The summed E-state index contributed by atoms with van der Waals surface area (Å²) < 4.78 is 5.09. The average Bonchev–Trinajstić information content (AvgIpc) is 2.68. The molecule has 2 heterocycles. The number of carbonyl (C=O) groups is 1. The number of pyridine rings is 1. The number of methoxy groups -OCH3 is 1. The summed E-state index contributed by atoms with van der Waals surface area (Å²) in [5.74, 6) is 0.905. The van der Waals surface area contributed by atoms with E-state index in [1.54, 1.807) is 43.8 Å². The van der Waals surface area contributed by atoms with E-state index in [0.29, 0.717) is 5.03 Å². The fourth-order valence-electron chi connectivity index (χ4n) is 2.08. The molecule has 0 atom stereocenters. The maximum absolute atomic E-state index is 12.0. The van der Waals surface area contributed by atoms with Crippen LogP contribution in [0.2, 0.25) is 0 Å². The maximum Gasteiger partial charge on any atom is 0.234 e. The molecule has 3 aromatic rings. The van der Waals surface area contributed by atoms with E-state index in [0.717, 1.165) is 22.7 Å². The van der Waals surface area contributed by atoms with Gasteiger partial charge < -0.3 is 10.1 Å². The third kappa shape index (κ3) is 4.77. The van der Waals surface area contributed by atoms with Crippen LogP contribution in [0.25, 0.3) is 11.3 Å². The van der Waals surface area contributed by atoms with Crippen LogP contribution in [-0.4, -0.2) is 34.0 Å². The molecule has 0 unspecified atom stereocenters. The third-order valence-corrected chi connectivity index (χ3v) is 4.26. The van der Waals surface area contributed by atoms with Crippen molar-refractivity contribution in [3.8, 4) is 17.0 Å². The summed E-state index contributed by atoms with van der Waals surface area (Å²) in [5.41, 5.74) is 2.45. The van der Waals surface area contributed by atoms with Gasteiger partial charge in [0.2, 0.25) is 5.91 Å². The topological polar surface area (TPSA) is 77.0 Å². The predicted octanol–water partition coefficient (Wildman–Crippen LogP) is 3.28. The first-order chi connectivity index (χ1) is 12.2. The summed E-state index contributed by atoms with van der Waals surface area (Å²) in [6.07, 6.45) is 3.42. The van der Waals surface area contributed by atoms with E-state index >= 15 is 0 Å². The van der Waals surface area contributed by atoms with Crippen LogP contribution >= 0.6 is 11.8 Å². The van der Waals surface area contributed by atoms with Gasteiger partial charge in [0.05, 0.1) is 18.6 Å². The van der Waals surface area contributed by atoms with E-state index in [4.69, 9.17) is 4.74 Å². The molecule has 0 aliphatic rings. The van der Waals surface area contributed by atoms with Crippen molar-refractivity contribution < 1.29 is 9.53 Å². The van der Waals surface area contributed by atoms with Gasteiger partial charge in [0, 0.05) is 23.6 Å². The molecule has 0 fully saturated rings. The van der Waals surface area contributed by atoms with E-state index in [1.807, 2.05) is 24.3 Å². The minimum atomic E-state index is -0.102. The molecule has 0 saturated carbocycles. The van der Waals surface area contributed by atoms with Gasteiger partial charge in [-0.3, -0.25) is 9.78 Å². The van der Waals surface area contributed by atoms with Crippen molar-refractivity contribution in [2.45, 2.75) is 5.03 Å². The number of nitrogens with one attached hydrogen (secondary N) is 1. The van der Waals surface area contributed by atoms with Crippen LogP contribution in [0, 0.1) is 0 Å². The smallest absolute Gasteiger partial charge is 0.234 e. The van der Waals surface area contributed by atoms with Crippen molar-refractivity contribution in [3.63, 3.8) is 0 Å². The molecule has 0 spiro atoms. The molecule has 1 aromatic carbocycles. The molecular formula is C18H16N4O2S. The number of hydrogen-bond acceptors (Lipinski definition) is 6. The molecule has 0 bridgehead atoms. The third-order valence-electron chi connectivity index (χ3n) is 3.34. The predicted molar refractivity (Wildman–Crippen MR) is 97.6 cm³/mol. The Bertz CT molecular complexity index is 824. The van der Waals surface area contributed by atoms with Crippen LogP contribution < -0.4 is 10.1 Å². The lowest BCUT2D eigenvalue weighted by molar-refractivity contribution is -0.113. The molecule has 7 heteroatoms. The first kappa shape index (κ1) is 16.9. The van der Waals surface area contributed by atoms with Gasteiger partial charge in [0.25, 0.3) is 0 Å². The van der Waals surface area contributed by atoms with Crippen LogP contribution in [0.5, 0.6) is 5.75 Å². The first-order valence-corrected chi connectivity index (χ1v) is 8.54. The van der Waals surface area contributed by atoms with Crippen molar-refractivity contribution in [3.05, 3.63) is 60.9 Å². The van der Waals surface area contributed by atoms with Gasteiger partial charge in [-0.25, -0.2) is 0 Å². The van der Waals surface area contributed by atoms with E-state index in [-0.39, 0.29) is 11.7 Å². The van der Waals surface area contributed by atoms with Crippen LogP contribution in [0.4, 0.5) is 5.69 Å². The molecule has 0 saturated heterocycles. The molecule has 25 heavy (non-hydrogen) atoms. The van der Waals surface area contributed by atoms with Gasteiger partial charge in [-0.2, -0.15) is 0 Å². The van der Waals surface area contributed by atoms with Gasteiger partial charge in [-0.05, 0) is 48.5 Å². The minimum absolute atomic E-state index is 0.102. The fraction of sp³-hybridized carbons (Fsp3) is 0.111. The number of thioether (sulfide) groups is 1. The lowest BCUT2D eigenvalue weighted by Crippen LogP contribution is -2.14. The number of anilines is 1. The molecule has 0 aliphatic heterocycles. The number of ether oxygens (including phenoxy) is 1. The Morgan fingerprint density at radius 1 is 1.04 bits per heavy atom. The highest BCUT2D eigenvalue weighted by atomic mass is 32.2. The molecule has 2 aromatic heterocycles. The van der Waals surface area contributed by atoms with Crippen molar-refractivity contribution >= 4 is 23.4 Å². The highest BCUT2D eigenvalue weighted by Gasteiger charge is 2.06. The summed E-state index contributed by atoms with van der Waals surface area (Å²) in [7, 11) is 1.60. The number of hydrogen-bond donors (Lipinski definition) is 1. The first-order valence-electron chi connectivity index (χ1n) is 7.55. The second kappa shape index (κ2) is 8.25. The largest absolute Gasteiger partial charge is 0.497 e. The lowest BCUT2D eigenvalue weighted by atomic mass is 10.2. The number of amides is 1. The molecular weight excluding hydrogens is 336 g/mol. The van der Waals surface area contributed by atoms with Gasteiger partial charge in [0.1, 0.15) is 10.8 Å². The number of carbonyl (C=O) groups excluding carboxylic acids is 1. The van der Waals surface area contributed by atoms with E-state index < -0.39 is 0 Å². The normalized spacial score (nSPS) is 10.3. The van der Waals surface area contributed by atoms with Crippen molar-refractivity contribution in [1.82, 2.24) is 15.2 Å². The summed E-state index contributed by atoms with van der Waals surface area (Å²) in [5, 5.41) is 11.9. The Hall–Kier alpha value is -2.93. The monoisotopic (exact) mass is 352 g/mol. The van der Waals surface area contributed by atoms with Crippen LogP contribution in [0.3, 0.4) is 0 Å². The van der Waals surface area contributed by atoms with E-state index in [1.165, 1.54) is 11.8 Å². The van der Waals surface area contributed by atoms with Crippen LogP contribution in [0.15, 0.2) is 66.0 Å². The zero-order valence-electron chi connectivity index (χ0n) is 13.5. The molecule has 1 amide bonds. The summed E-state index contributed by atoms with van der Waals surface area (Å²) >= 11 is 1.34. The number of nitrogens with zero attached hydrogens (tertiary/aromatic N) is 3. The fourth-order valence-corrected chi connectivity index (χ4v) is 2.70. The van der Waals surface area contributed by atoms with E-state index in [2.05, 4.69) is 20.5 Å². The second-order valence-electron chi connectivity index (χ2n) is 5.06. The Morgan fingerprint density at radius 2 is 1.80 bits per heavy atom. The summed E-state index contributed by atoms with van der Waals surface area (Å²) in [6, 6.07) is 14.7. The molecule has 3 rings (SSSR count). The molecule has 0 radical (unpaired) electrons. The van der Waals surface area contributed by atoms with Gasteiger partial charge >= 0.3 is 0 Å². The van der Waals surface area contributed by atoms with Crippen LogP contribution in [-0.2, 0) is 4.79 Å². The van der Waals surface area contributed by atoms with Crippen LogP contribution in [0.1, 0.15) is 0 Å². The Kier molecular flexibility index (Phi) is 5.58. The summed E-state index contributed by atoms with van der Waals surface area (Å²) in [4.78, 5) is 16.0.